The molecule has 1 aromatic heterocycles. The van der Waals surface area contributed by atoms with Crippen molar-refractivity contribution in [3.8, 4) is 0 Å². The molecule has 1 aromatic carbocycles. The van der Waals surface area contributed by atoms with Crippen molar-refractivity contribution in [2.45, 2.75) is 6.92 Å². The van der Waals surface area contributed by atoms with Crippen LogP contribution in [0.3, 0.4) is 0 Å². The molecule has 0 aliphatic heterocycles. The van der Waals surface area contributed by atoms with Gasteiger partial charge in [0, 0.05) is 11.1 Å². The fourth-order valence-electron chi connectivity index (χ4n) is 1.48. The predicted molar refractivity (Wildman–Crippen MR) is 70.4 cm³/mol. The fraction of sp³-hybridized carbons (Fsp3) is 0.0769. The Morgan fingerprint density at radius 1 is 1.22 bits per heavy atom. The summed E-state index contributed by atoms with van der Waals surface area (Å²) in [6.45, 7) is 1.81. The minimum atomic E-state index is -1.01. The number of hydrogen-bond acceptors (Lipinski definition) is 3. The summed E-state index contributed by atoms with van der Waals surface area (Å²) in [6, 6.07) is 6.36. The maximum atomic E-state index is 11.9. The fourth-order valence-corrected chi connectivity index (χ4v) is 2.11. The maximum Gasteiger partial charge on any atom is 0.335 e. The first-order chi connectivity index (χ1) is 8.58. The van der Waals surface area contributed by atoms with Crippen LogP contribution in [0.5, 0.6) is 0 Å². The minimum absolute atomic E-state index is 0.154. The van der Waals surface area contributed by atoms with Crippen molar-refractivity contribution in [3.05, 3.63) is 51.7 Å². The van der Waals surface area contributed by atoms with Crippen molar-refractivity contribution >= 4 is 28.9 Å². The Labute approximate surface area is 108 Å². The molecule has 0 atom stereocenters. The molecule has 0 fully saturated rings. The van der Waals surface area contributed by atoms with Crippen molar-refractivity contribution in [2.24, 2.45) is 0 Å². The molecule has 0 spiro atoms. The lowest BCUT2D eigenvalue weighted by Gasteiger charge is -2.08. The van der Waals surface area contributed by atoms with Gasteiger partial charge >= 0.3 is 5.97 Å². The molecule has 5 heteroatoms. The van der Waals surface area contributed by atoms with Crippen LogP contribution in [0.15, 0.2) is 35.0 Å². The second-order valence-electron chi connectivity index (χ2n) is 3.80. The number of benzene rings is 1. The molecule has 0 saturated heterocycles. The molecular weight excluding hydrogens is 250 g/mol. The third-order valence-corrected chi connectivity index (χ3v) is 3.20. The van der Waals surface area contributed by atoms with Crippen molar-refractivity contribution < 1.29 is 14.7 Å². The zero-order chi connectivity index (χ0) is 13.1. The molecule has 18 heavy (non-hydrogen) atoms. The molecule has 2 rings (SSSR count). The minimum Gasteiger partial charge on any atom is -0.478 e. The highest BCUT2D eigenvalue weighted by molar-refractivity contribution is 7.08. The highest BCUT2D eigenvalue weighted by Gasteiger charge is 2.10. The Bertz CT molecular complexity index is 590. The van der Waals surface area contributed by atoms with E-state index in [2.05, 4.69) is 5.32 Å². The topological polar surface area (TPSA) is 66.4 Å². The zero-order valence-corrected chi connectivity index (χ0v) is 10.5. The first kappa shape index (κ1) is 12.3. The Morgan fingerprint density at radius 3 is 2.61 bits per heavy atom. The lowest BCUT2D eigenvalue weighted by atomic mass is 10.1. The second-order valence-corrected chi connectivity index (χ2v) is 4.58. The van der Waals surface area contributed by atoms with Gasteiger partial charge in [0.25, 0.3) is 5.91 Å². The van der Waals surface area contributed by atoms with Crippen LogP contribution in [0.1, 0.15) is 26.3 Å². The summed E-state index contributed by atoms with van der Waals surface area (Å²) in [5.74, 6) is -1.25. The van der Waals surface area contributed by atoms with E-state index in [9.17, 15) is 9.59 Å². The number of thiophene rings is 1. The average Bonchev–Trinajstić information content (AvgIpc) is 2.85. The van der Waals surface area contributed by atoms with E-state index in [0.717, 1.165) is 5.56 Å². The van der Waals surface area contributed by atoms with Crippen LogP contribution in [0.2, 0.25) is 0 Å². The van der Waals surface area contributed by atoms with Crippen molar-refractivity contribution in [1.29, 1.82) is 0 Å². The monoisotopic (exact) mass is 261 g/mol. The number of carbonyl (C=O) groups excluding carboxylic acids is 1. The summed E-state index contributed by atoms with van der Waals surface area (Å²) in [7, 11) is 0. The van der Waals surface area contributed by atoms with Gasteiger partial charge in [-0.1, -0.05) is 6.07 Å². The second kappa shape index (κ2) is 5.01. The number of carboxylic acid groups (broad SMARTS) is 1. The molecule has 4 nitrogen and oxygen atoms in total. The number of rotatable bonds is 3. The van der Waals surface area contributed by atoms with E-state index < -0.39 is 5.97 Å². The van der Waals surface area contributed by atoms with Gasteiger partial charge in [-0.05, 0) is 36.1 Å². The standard InChI is InChI=1S/C13H11NO3S/c1-8-2-3-9(13(16)17)6-11(8)14-12(15)10-4-5-18-7-10/h2-7H,1H3,(H,14,15)(H,16,17). The molecule has 2 N–H and O–H groups in total. The lowest BCUT2D eigenvalue weighted by Crippen LogP contribution is -2.12. The lowest BCUT2D eigenvalue weighted by molar-refractivity contribution is 0.0696. The van der Waals surface area contributed by atoms with E-state index in [1.807, 2.05) is 12.3 Å². The number of anilines is 1. The van der Waals surface area contributed by atoms with Crippen molar-refractivity contribution in [1.82, 2.24) is 0 Å². The highest BCUT2D eigenvalue weighted by atomic mass is 32.1. The van der Waals surface area contributed by atoms with Crippen LogP contribution < -0.4 is 5.32 Å². The molecule has 1 heterocycles. The normalized spacial score (nSPS) is 10.1. The average molecular weight is 261 g/mol. The van der Waals surface area contributed by atoms with E-state index in [0.29, 0.717) is 11.3 Å². The molecule has 92 valence electrons. The molecule has 0 aliphatic rings. The molecule has 0 unspecified atom stereocenters. The summed E-state index contributed by atoms with van der Waals surface area (Å²) < 4.78 is 0. The van der Waals surface area contributed by atoms with Gasteiger partial charge in [0.15, 0.2) is 0 Å². The number of nitrogens with one attached hydrogen (secondary N) is 1. The Morgan fingerprint density at radius 2 is 2.00 bits per heavy atom. The smallest absolute Gasteiger partial charge is 0.335 e. The first-order valence-corrected chi connectivity index (χ1v) is 6.19. The number of aryl methyl sites for hydroxylation is 1. The van der Waals surface area contributed by atoms with Gasteiger partial charge < -0.3 is 10.4 Å². The summed E-state index contributed by atoms with van der Waals surface area (Å²) in [6.07, 6.45) is 0. The molecule has 2 aromatic rings. The van der Waals surface area contributed by atoms with E-state index in [1.54, 1.807) is 17.5 Å². The largest absolute Gasteiger partial charge is 0.478 e. The summed E-state index contributed by atoms with van der Waals surface area (Å²) in [4.78, 5) is 22.7. The van der Waals surface area contributed by atoms with Crippen molar-refractivity contribution in [2.75, 3.05) is 5.32 Å². The van der Waals surface area contributed by atoms with Crippen LogP contribution >= 0.6 is 11.3 Å². The Balaban J connectivity index is 2.26. The maximum absolute atomic E-state index is 11.9. The third kappa shape index (κ3) is 2.57. The molecular formula is C13H11NO3S. The van der Waals surface area contributed by atoms with Gasteiger partial charge in [-0.15, -0.1) is 0 Å². The third-order valence-electron chi connectivity index (χ3n) is 2.52. The highest BCUT2D eigenvalue weighted by Crippen LogP contribution is 2.18. The number of carbonyl (C=O) groups is 2. The SMILES string of the molecule is Cc1ccc(C(=O)O)cc1NC(=O)c1ccsc1. The van der Waals surface area contributed by atoms with Crippen LogP contribution in [-0.4, -0.2) is 17.0 Å². The molecule has 0 radical (unpaired) electrons. The number of amides is 1. The first-order valence-electron chi connectivity index (χ1n) is 5.25. The Kier molecular flexibility index (Phi) is 3.43. The molecule has 1 amide bonds. The quantitative estimate of drug-likeness (QED) is 0.892. The van der Waals surface area contributed by atoms with Crippen LogP contribution in [0.4, 0.5) is 5.69 Å². The molecule has 0 saturated carbocycles. The predicted octanol–water partition coefficient (Wildman–Crippen LogP) is 3.01. The summed E-state index contributed by atoms with van der Waals surface area (Å²) in [5.41, 5.74) is 2.07. The van der Waals surface area contributed by atoms with Gasteiger partial charge in [-0.2, -0.15) is 11.3 Å². The number of hydrogen-bond donors (Lipinski definition) is 2. The van der Waals surface area contributed by atoms with Gasteiger partial charge in [0.1, 0.15) is 0 Å². The van der Waals surface area contributed by atoms with Crippen LogP contribution in [0.25, 0.3) is 0 Å². The summed E-state index contributed by atoms with van der Waals surface area (Å²) in [5, 5.41) is 15.2. The van der Waals surface area contributed by atoms with Gasteiger partial charge in [0.2, 0.25) is 0 Å². The molecule has 0 bridgehead atoms. The zero-order valence-electron chi connectivity index (χ0n) is 9.64. The number of aromatic carboxylic acids is 1. The molecule has 0 aliphatic carbocycles. The van der Waals surface area contributed by atoms with Crippen LogP contribution in [0, 0.1) is 6.92 Å². The van der Waals surface area contributed by atoms with E-state index in [-0.39, 0.29) is 11.5 Å². The van der Waals surface area contributed by atoms with Crippen molar-refractivity contribution in [3.63, 3.8) is 0 Å². The number of carboxylic acids is 1. The van der Waals surface area contributed by atoms with Gasteiger partial charge in [-0.3, -0.25) is 4.79 Å². The van der Waals surface area contributed by atoms with Gasteiger partial charge in [0.05, 0.1) is 11.1 Å². The van der Waals surface area contributed by atoms with Crippen LogP contribution in [-0.2, 0) is 0 Å². The van der Waals surface area contributed by atoms with E-state index in [4.69, 9.17) is 5.11 Å². The van der Waals surface area contributed by atoms with Gasteiger partial charge in [-0.25, -0.2) is 4.79 Å². The summed E-state index contributed by atoms with van der Waals surface area (Å²) >= 11 is 1.44. The van der Waals surface area contributed by atoms with E-state index >= 15 is 0 Å². The Hall–Kier alpha value is -2.14. The van der Waals surface area contributed by atoms with E-state index in [1.165, 1.54) is 23.5 Å².